The molecule has 0 spiro atoms. The Hall–Kier alpha value is -1.49. The average Bonchev–Trinajstić information content (AvgIpc) is 2.83. The molecule has 1 aromatic rings. The van der Waals surface area contributed by atoms with Gasteiger partial charge in [-0.2, -0.15) is 0 Å². The maximum absolute atomic E-state index is 11.8. The van der Waals surface area contributed by atoms with E-state index in [1.54, 1.807) is 6.26 Å². The van der Waals surface area contributed by atoms with Crippen molar-refractivity contribution < 1.29 is 13.9 Å². The summed E-state index contributed by atoms with van der Waals surface area (Å²) in [5.74, 6) is 0.934. The van der Waals surface area contributed by atoms with Gasteiger partial charge in [0.15, 0.2) is 0 Å². The first-order valence-corrected chi connectivity index (χ1v) is 7.96. The molecule has 0 aliphatic heterocycles. The van der Waals surface area contributed by atoms with Gasteiger partial charge < -0.3 is 19.8 Å². The van der Waals surface area contributed by atoms with Crippen LogP contribution in [0.2, 0.25) is 0 Å². The standard InChI is InChI=1S/C17H30N2O3/c1-7-17(8-2,12-18-15(20)22-16(4,5)6)19-11-14-13(3)9-10-21-14/h9-10,19H,7-8,11-12H2,1-6H3,(H,18,20). The second-order valence-corrected chi connectivity index (χ2v) is 6.72. The van der Waals surface area contributed by atoms with E-state index in [1.165, 1.54) is 0 Å². The summed E-state index contributed by atoms with van der Waals surface area (Å²) in [6, 6.07) is 1.95. The summed E-state index contributed by atoms with van der Waals surface area (Å²) in [7, 11) is 0. The summed E-state index contributed by atoms with van der Waals surface area (Å²) in [6.45, 7) is 13.0. The van der Waals surface area contributed by atoms with Gasteiger partial charge in [0.2, 0.25) is 0 Å². The topological polar surface area (TPSA) is 63.5 Å². The lowest BCUT2D eigenvalue weighted by atomic mass is 9.92. The molecule has 0 saturated heterocycles. The minimum atomic E-state index is -0.482. The van der Waals surface area contributed by atoms with E-state index in [0.29, 0.717) is 13.1 Å². The minimum Gasteiger partial charge on any atom is -0.468 e. The van der Waals surface area contributed by atoms with Crippen molar-refractivity contribution in [2.45, 2.75) is 72.1 Å². The van der Waals surface area contributed by atoms with Crippen LogP contribution in [0.4, 0.5) is 4.79 Å². The third-order valence-corrected chi connectivity index (χ3v) is 3.92. The number of carbonyl (C=O) groups excluding carboxylic acids is 1. The molecule has 5 heteroatoms. The molecule has 0 aliphatic carbocycles. The highest BCUT2D eigenvalue weighted by Gasteiger charge is 2.27. The van der Waals surface area contributed by atoms with E-state index >= 15 is 0 Å². The van der Waals surface area contributed by atoms with Crippen LogP contribution < -0.4 is 10.6 Å². The fraction of sp³-hybridized carbons (Fsp3) is 0.706. The molecule has 22 heavy (non-hydrogen) atoms. The van der Waals surface area contributed by atoms with Crippen LogP contribution in [0.15, 0.2) is 16.7 Å². The van der Waals surface area contributed by atoms with E-state index in [0.717, 1.165) is 24.2 Å². The molecule has 0 unspecified atom stereocenters. The van der Waals surface area contributed by atoms with Crippen molar-refractivity contribution in [3.8, 4) is 0 Å². The molecule has 1 rings (SSSR count). The Morgan fingerprint density at radius 1 is 1.27 bits per heavy atom. The van der Waals surface area contributed by atoms with Crippen LogP contribution >= 0.6 is 0 Å². The molecule has 0 aromatic carbocycles. The van der Waals surface area contributed by atoms with Gasteiger partial charge in [-0.25, -0.2) is 4.79 Å². The number of alkyl carbamates (subject to hydrolysis) is 1. The molecule has 0 radical (unpaired) electrons. The molecular weight excluding hydrogens is 280 g/mol. The molecule has 0 saturated carbocycles. The quantitative estimate of drug-likeness (QED) is 0.805. The number of ether oxygens (including phenoxy) is 1. The molecular formula is C17H30N2O3. The maximum Gasteiger partial charge on any atom is 0.407 e. The molecule has 1 amide bonds. The predicted molar refractivity (Wildman–Crippen MR) is 87.8 cm³/mol. The van der Waals surface area contributed by atoms with E-state index < -0.39 is 5.60 Å². The predicted octanol–water partition coefficient (Wildman–Crippen LogP) is 3.76. The number of hydrogen-bond acceptors (Lipinski definition) is 4. The van der Waals surface area contributed by atoms with Gasteiger partial charge in [0.1, 0.15) is 11.4 Å². The average molecular weight is 310 g/mol. The Kier molecular flexibility index (Phi) is 6.48. The van der Waals surface area contributed by atoms with Crippen LogP contribution in [0.1, 0.15) is 58.8 Å². The minimum absolute atomic E-state index is 0.171. The lowest BCUT2D eigenvalue weighted by Crippen LogP contribution is -2.53. The van der Waals surface area contributed by atoms with Gasteiger partial charge >= 0.3 is 6.09 Å². The van der Waals surface area contributed by atoms with Crippen LogP contribution in [0, 0.1) is 6.92 Å². The van der Waals surface area contributed by atoms with Crippen molar-refractivity contribution in [1.82, 2.24) is 10.6 Å². The molecule has 1 aromatic heterocycles. The molecule has 0 fully saturated rings. The molecule has 0 aliphatic rings. The molecule has 5 nitrogen and oxygen atoms in total. The first-order valence-electron chi connectivity index (χ1n) is 7.96. The monoisotopic (exact) mass is 310 g/mol. The van der Waals surface area contributed by atoms with Gasteiger partial charge in [-0.05, 0) is 52.2 Å². The van der Waals surface area contributed by atoms with Gasteiger partial charge in [0, 0.05) is 12.1 Å². The fourth-order valence-electron chi connectivity index (χ4n) is 2.22. The lowest BCUT2D eigenvalue weighted by molar-refractivity contribution is 0.0506. The SMILES string of the molecule is CCC(CC)(CNC(=O)OC(C)(C)C)NCc1occc1C. The van der Waals surface area contributed by atoms with Gasteiger partial charge in [-0.15, -0.1) is 0 Å². The highest BCUT2D eigenvalue weighted by atomic mass is 16.6. The van der Waals surface area contributed by atoms with Crippen LogP contribution in [0.5, 0.6) is 0 Å². The third-order valence-electron chi connectivity index (χ3n) is 3.92. The fourth-order valence-corrected chi connectivity index (χ4v) is 2.22. The Morgan fingerprint density at radius 2 is 1.91 bits per heavy atom. The normalized spacial score (nSPS) is 12.3. The number of furan rings is 1. The van der Waals surface area contributed by atoms with Crippen LogP contribution in [-0.4, -0.2) is 23.8 Å². The summed E-state index contributed by atoms with van der Waals surface area (Å²) >= 11 is 0. The van der Waals surface area contributed by atoms with E-state index in [1.807, 2.05) is 33.8 Å². The zero-order valence-corrected chi connectivity index (χ0v) is 14.7. The van der Waals surface area contributed by atoms with Crippen molar-refractivity contribution >= 4 is 6.09 Å². The van der Waals surface area contributed by atoms with E-state index in [9.17, 15) is 4.79 Å². The van der Waals surface area contributed by atoms with E-state index in [2.05, 4.69) is 24.5 Å². The molecule has 0 bridgehead atoms. The van der Waals surface area contributed by atoms with Crippen LogP contribution in [-0.2, 0) is 11.3 Å². The van der Waals surface area contributed by atoms with Crippen molar-refractivity contribution in [1.29, 1.82) is 0 Å². The number of amides is 1. The number of carbonyl (C=O) groups is 1. The van der Waals surface area contributed by atoms with E-state index in [4.69, 9.17) is 9.15 Å². The summed E-state index contributed by atoms with van der Waals surface area (Å²) in [6.07, 6.45) is 3.12. The first-order chi connectivity index (χ1) is 10.2. The Balaban J connectivity index is 2.59. The van der Waals surface area contributed by atoms with Crippen molar-refractivity contribution in [3.05, 3.63) is 23.7 Å². The smallest absolute Gasteiger partial charge is 0.407 e. The second-order valence-electron chi connectivity index (χ2n) is 6.72. The summed E-state index contributed by atoms with van der Waals surface area (Å²) in [5, 5.41) is 6.40. The van der Waals surface area contributed by atoms with Gasteiger partial charge in [-0.1, -0.05) is 13.8 Å². The highest BCUT2D eigenvalue weighted by molar-refractivity contribution is 5.67. The zero-order valence-electron chi connectivity index (χ0n) is 14.7. The number of aryl methyl sites for hydroxylation is 1. The number of rotatable bonds is 7. The molecule has 126 valence electrons. The summed E-state index contributed by atoms with van der Waals surface area (Å²) in [4.78, 5) is 11.8. The van der Waals surface area contributed by atoms with Crippen LogP contribution in [0.25, 0.3) is 0 Å². The van der Waals surface area contributed by atoms with Crippen LogP contribution in [0.3, 0.4) is 0 Å². The van der Waals surface area contributed by atoms with Crippen molar-refractivity contribution in [2.75, 3.05) is 6.54 Å². The second kappa shape index (κ2) is 7.68. The first kappa shape index (κ1) is 18.6. The number of hydrogen-bond donors (Lipinski definition) is 2. The maximum atomic E-state index is 11.8. The lowest BCUT2D eigenvalue weighted by Gasteiger charge is -2.33. The number of nitrogens with one attached hydrogen (secondary N) is 2. The zero-order chi connectivity index (χ0) is 16.8. The summed E-state index contributed by atoms with van der Waals surface area (Å²) < 4.78 is 10.8. The molecule has 1 heterocycles. The van der Waals surface area contributed by atoms with Gasteiger partial charge in [0.05, 0.1) is 12.8 Å². The van der Waals surface area contributed by atoms with Crippen molar-refractivity contribution in [2.24, 2.45) is 0 Å². The molecule has 2 N–H and O–H groups in total. The third kappa shape index (κ3) is 5.72. The van der Waals surface area contributed by atoms with Gasteiger partial charge in [0.25, 0.3) is 0 Å². The Morgan fingerprint density at radius 3 is 2.36 bits per heavy atom. The highest BCUT2D eigenvalue weighted by Crippen LogP contribution is 2.17. The van der Waals surface area contributed by atoms with Crippen molar-refractivity contribution in [3.63, 3.8) is 0 Å². The van der Waals surface area contributed by atoms with E-state index in [-0.39, 0.29) is 11.6 Å². The van der Waals surface area contributed by atoms with Gasteiger partial charge in [-0.3, -0.25) is 0 Å². The largest absolute Gasteiger partial charge is 0.468 e. The Bertz CT molecular complexity index is 470. The molecule has 0 atom stereocenters. The summed E-state index contributed by atoms with van der Waals surface area (Å²) in [5.41, 5.74) is 0.480. The Labute approximate surface area is 133 Å².